The minimum atomic E-state index is -3.52. The highest BCUT2D eigenvalue weighted by atomic mass is 32.1. The van der Waals surface area contributed by atoms with Gasteiger partial charge in [0.2, 0.25) is 0 Å². The average Bonchev–Trinajstić information content (AvgIpc) is 3.39. The van der Waals surface area contributed by atoms with Gasteiger partial charge in [0.25, 0.3) is 8.38 Å². The number of benzene rings is 2. The van der Waals surface area contributed by atoms with Gasteiger partial charge < -0.3 is 23.3 Å². The average molecular weight is 611 g/mol. The maximum Gasteiger partial charge on any atom is 0.348 e. The van der Waals surface area contributed by atoms with Crippen molar-refractivity contribution in [2.24, 2.45) is 0 Å². The minimum Gasteiger partial charge on any atom is -0.466 e. The Bertz CT molecular complexity index is 1260. The third-order valence-corrected chi connectivity index (χ3v) is 8.23. The molecule has 2 aromatic carbocycles. The van der Waals surface area contributed by atoms with Crippen LogP contribution in [0.25, 0.3) is 10.1 Å². The Hall–Kier alpha value is -2.98. The van der Waals surface area contributed by atoms with Crippen molar-refractivity contribution in [3.8, 4) is 0 Å². The number of ether oxygens (including phenoxy) is 3. The van der Waals surface area contributed by atoms with Crippen LogP contribution in [0.3, 0.4) is 0 Å². The summed E-state index contributed by atoms with van der Waals surface area (Å²) in [6, 6.07) is 14.8. The van der Waals surface area contributed by atoms with Gasteiger partial charge in [-0.3, -0.25) is 9.59 Å². The molecule has 41 heavy (non-hydrogen) atoms. The lowest BCUT2D eigenvalue weighted by atomic mass is 10.1. The van der Waals surface area contributed by atoms with Gasteiger partial charge in [0.05, 0.1) is 26.4 Å². The molecule has 3 aromatic rings. The third-order valence-electron chi connectivity index (χ3n) is 5.59. The van der Waals surface area contributed by atoms with E-state index in [1.165, 1.54) is 24.3 Å². The quantitative estimate of drug-likeness (QED) is 0.0678. The maximum atomic E-state index is 15.7. The van der Waals surface area contributed by atoms with E-state index in [2.05, 4.69) is 0 Å². The predicted molar refractivity (Wildman–Crippen MR) is 152 cm³/mol. The van der Waals surface area contributed by atoms with Gasteiger partial charge in [-0.05, 0) is 55.8 Å². The van der Waals surface area contributed by atoms with Crippen molar-refractivity contribution in [1.29, 1.82) is 0 Å². The molecule has 0 saturated carbocycles. The molecule has 0 aliphatic carbocycles. The first-order valence-corrected chi connectivity index (χ1v) is 15.2. The maximum absolute atomic E-state index is 15.7. The highest BCUT2D eigenvalue weighted by Crippen LogP contribution is 2.60. The van der Waals surface area contributed by atoms with Crippen LogP contribution in [-0.2, 0) is 45.1 Å². The lowest BCUT2D eigenvalue weighted by molar-refractivity contribution is -0.144. The Morgan fingerprint density at radius 1 is 0.829 bits per heavy atom. The van der Waals surface area contributed by atoms with E-state index in [-0.39, 0.29) is 64.3 Å². The lowest BCUT2D eigenvalue weighted by Crippen LogP contribution is -2.16. The van der Waals surface area contributed by atoms with Crippen molar-refractivity contribution >= 4 is 47.7 Å². The van der Waals surface area contributed by atoms with Gasteiger partial charge in [-0.1, -0.05) is 36.4 Å². The topological polar surface area (TPSA) is 97.4 Å². The number of thiophene rings is 1. The van der Waals surface area contributed by atoms with E-state index in [9.17, 15) is 14.4 Å². The van der Waals surface area contributed by atoms with Crippen molar-refractivity contribution in [3.63, 3.8) is 0 Å². The molecule has 0 radical (unpaired) electrons. The summed E-state index contributed by atoms with van der Waals surface area (Å²) in [6.07, 6.45) is 0.404. The standard InChI is InChI=1S/C29H33F2O8PS/c1-3-35-26(32)12-8-16-38-40(39-17-9-13-27(33)36-4-2)29(30,31)23-14-15-24-22(18-23)19-25(41-24)28(34)37-20-21-10-6-5-7-11-21/h5-7,10-11,14-15,18-19H,3-4,8-9,12-13,16-17,20H2,1-2H3. The van der Waals surface area contributed by atoms with Crippen LogP contribution in [0.2, 0.25) is 0 Å². The number of hydrogen-bond acceptors (Lipinski definition) is 9. The fraction of sp³-hybridized carbons (Fsp3) is 0.414. The molecule has 12 heteroatoms. The molecule has 0 aliphatic heterocycles. The molecule has 0 fully saturated rings. The predicted octanol–water partition coefficient (Wildman–Crippen LogP) is 7.34. The number of esters is 3. The van der Waals surface area contributed by atoms with Crippen molar-refractivity contribution < 1.29 is 46.4 Å². The van der Waals surface area contributed by atoms with E-state index in [0.29, 0.717) is 15.0 Å². The van der Waals surface area contributed by atoms with E-state index in [0.717, 1.165) is 16.9 Å². The van der Waals surface area contributed by atoms with Crippen LogP contribution in [0.1, 0.15) is 60.3 Å². The largest absolute Gasteiger partial charge is 0.466 e. The monoisotopic (exact) mass is 610 g/mol. The summed E-state index contributed by atoms with van der Waals surface area (Å²) >= 11 is 1.15. The summed E-state index contributed by atoms with van der Waals surface area (Å²) < 4.78 is 58.2. The summed E-state index contributed by atoms with van der Waals surface area (Å²) in [5, 5.41) is 0.457. The Kier molecular flexibility index (Phi) is 13.1. The molecule has 0 bridgehead atoms. The molecule has 8 nitrogen and oxygen atoms in total. The van der Waals surface area contributed by atoms with Crippen LogP contribution in [0.5, 0.6) is 0 Å². The molecule has 1 aromatic heterocycles. The zero-order chi connectivity index (χ0) is 29.7. The number of rotatable bonds is 17. The van der Waals surface area contributed by atoms with E-state index in [1.807, 2.05) is 30.3 Å². The molecule has 0 spiro atoms. The summed E-state index contributed by atoms with van der Waals surface area (Å²) in [6.45, 7) is 3.63. The summed E-state index contributed by atoms with van der Waals surface area (Å²) in [5.41, 5.74) is -3.02. The van der Waals surface area contributed by atoms with Crippen molar-refractivity contribution in [3.05, 3.63) is 70.6 Å². The van der Waals surface area contributed by atoms with Crippen LogP contribution < -0.4 is 0 Å². The smallest absolute Gasteiger partial charge is 0.348 e. The molecule has 0 unspecified atom stereocenters. The third kappa shape index (κ3) is 10.1. The highest BCUT2D eigenvalue weighted by molar-refractivity contribution is 7.48. The first-order valence-electron chi connectivity index (χ1n) is 13.2. The zero-order valence-corrected chi connectivity index (χ0v) is 24.6. The van der Waals surface area contributed by atoms with Gasteiger partial charge >= 0.3 is 23.6 Å². The first-order chi connectivity index (χ1) is 19.7. The minimum absolute atomic E-state index is 0.0233. The molecule has 1 heterocycles. The Morgan fingerprint density at radius 2 is 1.44 bits per heavy atom. The van der Waals surface area contributed by atoms with Crippen LogP contribution in [0.15, 0.2) is 54.6 Å². The van der Waals surface area contributed by atoms with Crippen LogP contribution >= 0.6 is 19.7 Å². The van der Waals surface area contributed by atoms with E-state index in [4.69, 9.17) is 23.3 Å². The molecule has 0 atom stereocenters. The van der Waals surface area contributed by atoms with Gasteiger partial charge in [0.15, 0.2) is 0 Å². The molecule has 3 rings (SSSR count). The van der Waals surface area contributed by atoms with Gasteiger partial charge in [-0.15, -0.1) is 11.3 Å². The van der Waals surface area contributed by atoms with Crippen molar-refractivity contribution in [2.75, 3.05) is 26.4 Å². The first kappa shape index (κ1) is 32.5. The van der Waals surface area contributed by atoms with E-state index < -0.39 is 31.9 Å². The lowest BCUT2D eigenvalue weighted by Gasteiger charge is -2.26. The van der Waals surface area contributed by atoms with Crippen LogP contribution in [-0.4, -0.2) is 44.3 Å². The molecular formula is C29H33F2O8PS. The highest BCUT2D eigenvalue weighted by Gasteiger charge is 2.45. The van der Waals surface area contributed by atoms with E-state index >= 15 is 8.78 Å². The molecule has 222 valence electrons. The Balaban J connectivity index is 1.69. The van der Waals surface area contributed by atoms with Gasteiger partial charge in [-0.2, -0.15) is 8.78 Å². The summed E-state index contributed by atoms with van der Waals surface area (Å²) in [4.78, 5) is 36.1. The SMILES string of the molecule is CCOC(=O)CCCOP(OCCCC(=O)OCC)C(F)(F)c1ccc2sc(C(=O)OCc3ccccc3)cc2c1. The van der Waals surface area contributed by atoms with Crippen LogP contribution in [0, 0.1) is 0 Å². The fourth-order valence-corrected chi connectivity index (χ4v) is 5.90. The van der Waals surface area contributed by atoms with Gasteiger partial charge in [0.1, 0.15) is 11.5 Å². The number of hydrogen-bond donors (Lipinski definition) is 0. The fourth-order valence-electron chi connectivity index (χ4n) is 3.62. The molecular weight excluding hydrogens is 577 g/mol. The number of carbonyl (C=O) groups is 3. The number of fused-ring (bicyclic) bond motifs is 1. The second-order valence-electron chi connectivity index (χ2n) is 8.71. The second kappa shape index (κ2) is 16.5. The summed E-state index contributed by atoms with van der Waals surface area (Å²) in [7, 11) is -2.78. The zero-order valence-electron chi connectivity index (χ0n) is 22.9. The number of carbonyl (C=O) groups excluding carboxylic acids is 3. The normalized spacial score (nSPS) is 11.5. The molecule has 0 aliphatic rings. The molecule has 0 N–H and O–H groups in total. The summed E-state index contributed by atoms with van der Waals surface area (Å²) in [5.74, 6) is -1.42. The van der Waals surface area contributed by atoms with Gasteiger partial charge in [-0.25, -0.2) is 4.79 Å². The number of alkyl halides is 2. The second-order valence-corrected chi connectivity index (χ2v) is 11.4. The van der Waals surface area contributed by atoms with E-state index in [1.54, 1.807) is 13.8 Å². The van der Waals surface area contributed by atoms with Gasteiger partial charge in [0, 0.05) is 23.1 Å². The Morgan fingerprint density at radius 3 is 2.02 bits per heavy atom. The number of halogens is 2. The van der Waals surface area contributed by atoms with Crippen LogP contribution in [0.4, 0.5) is 8.78 Å². The molecule has 0 saturated heterocycles. The van der Waals surface area contributed by atoms with Crippen molar-refractivity contribution in [2.45, 2.75) is 51.8 Å². The Labute approximate surface area is 242 Å². The van der Waals surface area contributed by atoms with Crippen molar-refractivity contribution in [1.82, 2.24) is 0 Å². The molecule has 0 amide bonds.